The first-order chi connectivity index (χ1) is 7.88. The van der Waals surface area contributed by atoms with Crippen LogP contribution in [0.15, 0.2) is 35.7 Å². The number of carboxylic acid groups (broad SMARTS) is 2. The number of nitrogens with zero attached hydrogens (tertiary/aromatic N) is 1. The summed E-state index contributed by atoms with van der Waals surface area (Å²) < 4.78 is 0. The van der Waals surface area contributed by atoms with Gasteiger partial charge in [0.05, 0.1) is 16.0 Å². The number of hydrogen-bond donors (Lipinski definition) is 3. The van der Waals surface area contributed by atoms with Crippen molar-refractivity contribution in [2.75, 3.05) is 0 Å². The largest absolute Gasteiger partial charge is 0.478 e. The van der Waals surface area contributed by atoms with Crippen LogP contribution in [0, 0.1) is 11.3 Å². The van der Waals surface area contributed by atoms with Crippen molar-refractivity contribution in [1.29, 1.82) is 5.26 Å². The topological polar surface area (TPSA) is 98.4 Å². The zero-order valence-corrected chi connectivity index (χ0v) is 9.52. The quantitative estimate of drug-likeness (QED) is 0.552. The summed E-state index contributed by atoms with van der Waals surface area (Å²) in [6, 6.07) is 6.89. The number of thiol groups is 1. The van der Waals surface area contributed by atoms with Gasteiger partial charge in [-0.15, -0.1) is 12.6 Å². The molecule has 0 aliphatic carbocycles. The van der Waals surface area contributed by atoms with E-state index in [2.05, 4.69) is 19.2 Å². The lowest BCUT2D eigenvalue weighted by molar-refractivity contribution is 0.0696. The summed E-state index contributed by atoms with van der Waals surface area (Å²) in [6.45, 7) is 3.18. The molecule has 0 radical (unpaired) electrons. The first-order valence-electron chi connectivity index (χ1n) is 4.23. The van der Waals surface area contributed by atoms with Crippen molar-refractivity contribution < 1.29 is 19.8 Å². The maximum absolute atomic E-state index is 10.4. The van der Waals surface area contributed by atoms with Gasteiger partial charge in [-0.3, -0.25) is 0 Å². The van der Waals surface area contributed by atoms with Crippen LogP contribution in [0.5, 0.6) is 0 Å². The second kappa shape index (κ2) is 7.09. The Morgan fingerprint density at radius 2 is 1.59 bits per heavy atom. The highest BCUT2D eigenvalue weighted by Crippen LogP contribution is 2.04. The zero-order chi connectivity index (χ0) is 13.4. The lowest BCUT2D eigenvalue weighted by Crippen LogP contribution is -2.01. The molecule has 0 bridgehead atoms. The first kappa shape index (κ1) is 14.7. The molecule has 0 amide bonds. The molecule has 0 unspecified atom stereocenters. The van der Waals surface area contributed by atoms with Crippen molar-refractivity contribution in [3.05, 3.63) is 46.9 Å². The SMILES string of the molecule is C=C(S)C#N.O=C(O)c1cccc(C(=O)O)c1. The van der Waals surface area contributed by atoms with Crippen molar-refractivity contribution in [2.24, 2.45) is 0 Å². The highest BCUT2D eigenvalue weighted by atomic mass is 32.1. The molecule has 88 valence electrons. The summed E-state index contributed by atoms with van der Waals surface area (Å²) in [6.07, 6.45) is 0. The summed E-state index contributed by atoms with van der Waals surface area (Å²) >= 11 is 3.54. The number of hydrogen-bond acceptors (Lipinski definition) is 4. The molecule has 6 heteroatoms. The van der Waals surface area contributed by atoms with Crippen LogP contribution in [0.3, 0.4) is 0 Å². The Morgan fingerprint density at radius 3 is 1.82 bits per heavy atom. The molecule has 0 aliphatic heterocycles. The molecule has 0 spiro atoms. The normalized spacial score (nSPS) is 8.24. The average molecular weight is 251 g/mol. The van der Waals surface area contributed by atoms with Crippen LogP contribution in [0.4, 0.5) is 0 Å². The summed E-state index contributed by atoms with van der Waals surface area (Å²) in [5.74, 6) is -2.25. The number of carbonyl (C=O) groups is 2. The molecule has 1 aromatic rings. The van der Waals surface area contributed by atoms with Crippen molar-refractivity contribution in [3.8, 4) is 6.07 Å². The van der Waals surface area contributed by atoms with Gasteiger partial charge in [-0.25, -0.2) is 9.59 Å². The highest BCUT2D eigenvalue weighted by Gasteiger charge is 2.06. The van der Waals surface area contributed by atoms with Gasteiger partial charge in [0.15, 0.2) is 0 Å². The summed E-state index contributed by atoms with van der Waals surface area (Å²) in [5, 5.41) is 24.7. The smallest absolute Gasteiger partial charge is 0.335 e. The van der Waals surface area contributed by atoms with Gasteiger partial charge in [-0.2, -0.15) is 5.26 Å². The fraction of sp³-hybridized carbons (Fsp3) is 0. The van der Waals surface area contributed by atoms with Crippen molar-refractivity contribution in [3.63, 3.8) is 0 Å². The van der Waals surface area contributed by atoms with E-state index in [9.17, 15) is 9.59 Å². The minimum atomic E-state index is -1.13. The third-order valence-electron chi connectivity index (χ3n) is 1.49. The van der Waals surface area contributed by atoms with E-state index in [1.807, 2.05) is 0 Å². The van der Waals surface area contributed by atoms with E-state index in [-0.39, 0.29) is 16.0 Å². The maximum Gasteiger partial charge on any atom is 0.335 e. The van der Waals surface area contributed by atoms with Crippen LogP contribution >= 0.6 is 12.6 Å². The van der Waals surface area contributed by atoms with Crippen LogP contribution in [0.2, 0.25) is 0 Å². The zero-order valence-electron chi connectivity index (χ0n) is 8.62. The van der Waals surface area contributed by atoms with E-state index in [0.29, 0.717) is 0 Å². The van der Waals surface area contributed by atoms with Crippen molar-refractivity contribution in [1.82, 2.24) is 0 Å². The van der Waals surface area contributed by atoms with Crippen molar-refractivity contribution >= 4 is 24.6 Å². The number of rotatable bonds is 2. The van der Waals surface area contributed by atoms with E-state index in [0.717, 1.165) is 6.07 Å². The van der Waals surface area contributed by atoms with Gasteiger partial charge in [-0.1, -0.05) is 12.6 Å². The fourth-order valence-corrected chi connectivity index (χ4v) is 0.785. The number of nitriles is 1. The summed E-state index contributed by atoms with van der Waals surface area (Å²) in [7, 11) is 0. The molecule has 1 aromatic carbocycles. The molecule has 1 rings (SSSR count). The van der Waals surface area contributed by atoms with Gasteiger partial charge in [0.2, 0.25) is 0 Å². The molecular weight excluding hydrogens is 242 g/mol. The van der Waals surface area contributed by atoms with Gasteiger partial charge < -0.3 is 10.2 Å². The molecule has 0 heterocycles. The van der Waals surface area contributed by atoms with Crippen LogP contribution in [0.1, 0.15) is 20.7 Å². The standard InChI is InChI=1S/C8H6O4.C3H3NS/c9-7(10)5-2-1-3-6(4-5)8(11)12;1-3(5)2-4/h1-4H,(H,9,10)(H,11,12);5H,1H2. The van der Waals surface area contributed by atoms with E-state index in [1.54, 1.807) is 6.07 Å². The molecule has 0 saturated carbocycles. The third-order valence-corrected chi connectivity index (χ3v) is 1.59. The third kappa shape index (κ3) is 6.02. The molecular formula is C11H9NO4S. The van der Waals surface area contributed by atoms with E-state index in [1.165, 1.54) is 18.2 Å². The molecule has 0 atom stereocenters. The second-order valence-electron chi connectivity index (χ2n) is 2.75. The number of carboxylic acids is 2. The van der Waals surface area contributed by atoms with Crippen LogP contribution in [-0.4, -0.2) is 22.2 Å². The number of allylic oxidation sites excluding steroid dienone is 1. The Labute approximate surface area is 103 Å². The minimum Gasteiger partial charge on any atom is -0.478 e. The molecule has 0 aliphatic rings. The summed E-state index contributed by atoms with van der Waals surface area (Å²) in [4.78, 5) is 21.0. The van der Waals surface area contributed by atoms with Gasteiger partial charge in [0.25, 0.3) is 0 Å². The van der Waals surface area contributed by atoms with E-state index in [4.69, 9.17) is 15.5 Å². The molecule has 2 N–H and O–H groups in total. The lowest BCUT2D eigenvalue weighted by atomic mass is 10.1. The van der Waals surface area contributed by atoms with E-state index < -0.39 is 11.9 Å². The predicted octanol–water partition coefficient (Wildman–Crippen LogP) is 2.04. The lowest BCUT2D eigenvalue weighted by Gasteiger charge is -1.95. The van der Waals surface area contributed by atoms with Crippen LogP contribution < -0.4 is 0 Å². The summed E-state index contributed by atoms with van der Waals surface area (Å²) in [5.41, 5.74) is -0.0372. The molecule has 0 aromatic heterocycles. The van der Waals surface area contributed by atoms with Crippen LogP contribution in [-0.2, 0) is 0 Å². The Bertz CT molecular complexity index is 461. The fourth-order valence-electron chi connectivity index (χ4n) is 0.785. The van der Waals surface area contributed by atoms with Gasteiger partial charge in [-0.05, 0) is 18.2 Å². The van der Waals surface area contributed by atoms with Gasteiger partial charge in [0.1, 0.15) is 6.07 Å². The first-order valence-corrected chi connectivity index (χ1v) is 4.67. The molecule has 0 saturated heterocycles. The predicted molar refractivity (Wildman–Crippen MR) is 64.1 cm³/mol. The van der Waals surface area contributed by atoms with E-state index >= 15 is 0 Å². The number of aromatic carboxylic acids is 2. The van der Waals surface area contributed by atoms with Gasteiger partial charge >= 0.3 is 11.9 Å². The molecule has 0 fully saturated rings. The molecule has 17 heavy (non-hydrogen) atoms. The second-order valence-corrected chi connectivity index (χ2v) is 3.29. The maximum atomic E-state index is 10.4. The number of benzene rings is 1. The average Bonchev–Trinajstić information content (AvgIpc) is 2.29. The van der Waals surface area contributed by atoms with Gasteiger partial charge in [0, 0.05) is 0 Å². The monoisotopic (exact) mass is 251 g/mol. The van der Waals surface area contributed by atoms with Crippen molar-refractivity contribution in [2.45, 2.75) is 0 Å². The Hall–Kier alpha value is -2.26. The highest BCUT2D eigenvalue weighted by molar-refractivity contribution is 7.84. The van der Waals surface area contributed by atoms with Crippen LogP contribution in [0.25, 0.3) is 0 Å². The Balaban J connectivity index is 0.000000437. The molecule has 5 nitrogen and oxygen atoms in total. The minimum absolute atomic E-state index is 0.0186. The Morgan fingerprint density at radius 1 is 1.24 bits per heavy atom. The Kier molecular flexibility index (Phi) is 6.14.